The topological polar surface area (TPSA) is 35.5 Å². The highest BCUT2D eigenvalue weighted by Crippen LogP contribution is 2.68. The summed E-state index contributed by atoms with van der Waals surface area (Å²) in [5, 5.41) is 2.17. The Labute approximate surface area is 268 Å². The fraction of sp³-hybridized carbons (Fsp3) is 0.732. The number of benzene rings is 2. The Morgan fingerprint density at radius 3 is 2.39 bits per heavy atom. The lowest BCUT2D eigenvalue weighted by Gasteiger charge is -2.61. The van der Waals surface area contributed by atoms with E-state index in [2.05, 4.69) is 52.8 Å². The molecule has 242 valence electrons. The first-order valence-corrected chi connectivity index (χ1v) is 18.3. The molecule has 1 unspecified atom stereocenters. The molecule has 0 aliphatic heterocycles. The first kappa shape index (κ1) is 32.1. The molecule has 4 saturated carbocycles. The molecule has 4 aliphatic rings. The summed E-state index contributed by atoms with van der Waals surface area (Å²) in [5.41, 5.74) is 0.686. The van der Waals surface area contributed by atoms with Crippen molar-refractivity contribution in [1.29, 1.82) is 0 Å². The standard InChI is InChI=1S/C41H60O3/c1-27(2)12-10-13-28(3)34-20-21-35-33-19-18-30-26-31(22-24-39(30,4)36(33)23-25-40(34,35)5)44-38(42)41(6,43-7)37-17-11-15-29-14-8-9-16-32(29)37/h8-9,11,14-17,27-28,30-31,33-36H,10,12-13,18-26H2,1-7H3/t28-,30+,31-,33+,34-,35+,36+,39+,40-,41?/m1/s1. The molecule has 0 aromatic heterocycles. The van der Waals surface area contributed by atoms with Gasteiger partial charge in [-0.1, -0.05) is 96.3 Å². The van der Waals surface area contributed by atoms with E-state index >= 15 is 0 Å². The Hall–Kier alpha value is -1.87. The summed E-state index contributed by atoms with van der Waals surface area (Å²) in [7, 11) is 1.64. The van der Waals surface area contributed by atoms with Crippen molar-refractivity contribution in [2.24, 2.45) is 52.3 Å². The molecule has 2 aromatic carbocycles. The highest BCUT2D eigenvalue weighted by Gasteiger charge is 2.61. The van der Waals surface area contributed by atoms with Crippen molar-refractivity contribution in [1.82, 2.24) is 0 Å². The van der Waals surface area contributed by atoms with Crippen LogP contribution in [0, 0.1) is 52.3 Å². The van der Waals surface area contributed by atoms with Crippen molar-refractivity contribution < 1.29 is 14.3 Å². The van der Waals surface area contributed by atoms with Crippen LogP contribution in [-0.2, 0) is 19.9 Å². The van der Waals surface area contributed by atoms with E-state index in [0.29, 0.717) is 16.7 Å². The molecule has 3 heteroatoms. The van der Waals surface area contributed by atoms with Gasteiger partial charge in [-0.25, -0.2) is 4.79 Å². The molecule has 0 radical (unpaired) electrons. The second-order valence-electron chi connectivity index (χ2n) is 16.8. The van der Waals surface area contributed by atoms with Crippen LogP contribution in [0.4, 0.5) is 0 Å². The summed E-state index contributed by atoms with van der Waals surface area (Å²) in [4.78, 5) is 13.9. The first-order chi connectivity index (χ1) is 21.0. The van der Waals surface area contributed by atoms with E-state index in [-0.39, 0.29) is 12.1 Å². The van der Waals surface area contributed by atoms with E-state index in [1.54, 1.807) is 7.11 Å². The van der Waals surface area contributed by atoms with Gasteiger partial charge >= 0.3 is 5.97 Å². The van der Waals surface area contributed by atoms with Crippen molar-refractivity contribution in [2.75, 3.05) is 7.11 Å². The van der Waals surface area contributed by atoms with Gasteiger partial charge in [-0.15, -0.1) is 0 Å². The molecular formula is C41H60O3. The molecule has 0 amide bonds. The Bertz CT molecular complexity index is 1310. The number of ether oxygens (including phenoxy) is 2. The number of esters is 1. The number of methoxy groups -OCH3 is 1. The van der Waals surface area contributed by atoms with Crippen molar-refractivity contribution >= 4 is 16.7 Å². The van der Waals surface area contributed by atoms with Crippen molar-refractivity contribution in [2.45, 2.75) is 130 Å². The lowest BCUT2D eigenvalue weighted by Crippen LogP contribution is -2.54. The highest BCUT2D eigenvalue weighted by atomic mass is 16.6. The molecular weight excluding hydrogens is 540 g/mol. The minimum Gasteiger partial charge on any atom is -0.460 e. The van der Waals surface area contributed by atoms with Gasteiger partial charge in [0.15, 0.2) is 5.60 Å². The number of rotatable bonds is 9. The lowest BCUT2D eigenvalue weighted by molar-refractivity contribution is -0.183. The van der Waals surface area contributed by atoms with E-state index in [0.717, 1.165) is 64.7 Å². The third-order valence-electron chi connectivity index (χ3n) is 14.2. The number of carbonyl (C=O) groups is 1. The van der Waals surface area contributed by atoms with Gasteiger partial charge in [0.2, 0.25) is 0 Å². The largest absolute Gasteiger partial charge is 0.460 e. The summed E-state index contributed by atoms with van der Waals surface area (Å²) >= 11 is 0. The van der Waals surface area contributed by atoms with Crippen LogP contribution in [-0.4, -0.2) is 19.2 Å². The van der Waals surface area contributed by atoms with Gasteiger partial charge in [-0.3, -0.25) is 0 Å². The smallest absolute Gasteiger partial charge is 0.343 e. The molecule has 0 N–H and O–H groups in total. The molecule has 3 nitrogen and oxygen atoms in total. The maximum absolute atomic E-state index is 13.9. The van der Waals surface area contributed by atoms with Gasteiger partial charge in [0.25, 0.3) is 0 Å². The molecule has 0 spiro atoms. The second-order valence-corrected chi connectivity index (χ2v) is 16.8. The molecule has 6 rings (SSSR count). The fourth-order valence-electron chi connectivity index (χ4n) is 11.6. The van der Waals surface area contributed by atoms with Crippen LogP contribution in [0.25, 0.3) is 10.8 Å². The number of hydrogen-bond acceptors (Lipinski definition) is 3. The minimum absolute atomic E-state index is 0.0158. The fourth-order valence-corrected chi connectivity index (χ4v) is 11.6. The first-order valence-electron chi connectivity index (χ1n) is 18.3. The van der Waals surface area contributed by atoms with E-state index in [1.165, 1.54) is 64.2 Å². The third kappa shape index (κ3) is 5.46. The Balaban J connectivity index is 1.12. The average molecular weight is 601 g/mol. The molecule has 2 aromatic rings. The Morgan fingerprint density at radius 2 is 1.61 bits per heavy atom. The molecule has 0 heterocycles. The van der Waals surface area contributed by atoms with Crippen LogP contribution in [0.5, 0.6) is 0 Å². The molecule has 0 bridgehead atoms. The summed E-state index contributed by atoms with van der Waals surface area (Å²) in [6.07, 6.45) is 15.8. The van der Waals surface area contributed by atoms with E-state index < -0.39 is 5.60 Å². The lowest BCUT2D eigenvalue weighted by atomic mass is 9.44. The molecule has 44 heavy (non-hydrogen) atoms. The maximum atomic E-state index is 13.9. The van der Waals surface area contributed by atoms with Gasteiger partial charge in [-0.05, 0) is 128 Å². The van der Waals surface area contributed by atoms with Crippen LogP contribution in [0.15, 0.2) is 42.5 Å². The molecule has 4 fully saturated rings. The van der Waals surface area contributed by atoms with Gasteiger partial charge < -0.3 is 9.47 Å². The van der Waals surface area contributed by atoms with Crippen LogP contribution < -0.4 is 0 Å². The summed E-state index contributed by atoms with van der Waals surface area (Å²) < 4.78 is 12.4. The molecule has 0 saturated heterocycles. The zero-order chi connectivity index (χ0) is 31.3. The predicted octanol–water partition coefficient (Wildman–Crippen LogP) is 10.7. The zero-order valence-electron chi connectivity index (χ0n) is 28.9. The van der Waals surface area contributed by atoms with E-state index in [4.69, 9.17) is 9.47 Å². The van der Waals surface area contributed by atoms with Crippen LogP contribution in [0.1, 0.15) is 124 Å². The minimum atomic E-state index is -1.13. The van der Waals surface area contributed by atoms with Crippen LogP contribution >= 0.6 is 0 Å². The van der Waals surface area contributed by atoms with E-state index in [9.17, 15) is 4.79 Å². The predicted molar refractivity (Wildman–Crippen MR) is 181 cm³/mol. The Kier molecular flexibility index (Phi) is 9.03. The molecule has 10 atom stereocenters. The normalized spacial score (nSPS) is 37.1. The summed E-state index contributed by atoms with van der Waals surface area (Å²) in [6.45, 7) is 14.5. The van der Waals surface area contributed by atoms with E-state index in [1.807, 2.05) is 31.2 Å². The highest BCUT2D eigenvalue weighted by molar-refractivity contribution is 5.92. The van der Waals surface area contributed by atoms with Gasteiger partial charge in [0.05, 0.1) is 0 Å². The quantitative estimate of drug-likeness (QED) is 0.269. The van der Waals surface area contributed by atoms with Gasteiger partial charge in [-0.2, -0.15) is 0 Å². The molecule has 4 aliphatic carbocycles. The van der Waals surface area contributed by atoms with Crippen molar-refractivity contribution in [3.63, 3.8) is 0 Å². The van der Waals surface area contributed by atoms with Crippen LogP contribution in [0.3, 0.4) is 0 Å². The maximum Gasteiger partial charge on any atom is 0.343 e. The number of hydrogen-bond donors (Lipinski definition) is 0. The zero-order valence-corrected chi connectivity index (χ0v) is 28.9. The summed E-state index contributed by atoms with van der Waals surface area (Å²) in [5.74, 6) is 5.66. The number of fused-ring (bicyclic) bond motifs is 6. The Morgan fingerprint density at radius 1 is 0.886 bits per heavy atom. The van der Waals surface area contributed by atoms with Crippen molar-refractivity contribution in [3.05, 3.63) is 48.0 Å². The van der Waals surface area contributed by atoms with Gasteiger partial charge in [0, 0.05) is 12.7 Å². The van der Waals surface area contributed by atoms with Crippen molar-refractivity contribution in [3.8, 4) is 0 Å². The average Bonchev–Trinajstić information content (AvgIpc) is 3.37. The van der Waals surface area contributed by atoms with Gasteiger partial charge in [0.1, 0.15) is 6.10 Å². The third-order valence-corrected chi connectivity index (χ3v) is 14.2. The van der Waals surface area contributed by atoms with Crippen LogP contribution in [0.2, 0.25) is 0 Å². The monoisotopic (exact) mass is 600 g/mol. The second kappa shape index (κ2) is 12.4. The SMILES string of the molecule is COC(C)(C(=O)O[C@@H]1CC[C@@]2(C)[C@@H](CC[C@@H]3[C@@H]2CC[C@]2(C)[C@@H]([C@H](C)CCCC(C)C)CC[C@@H]32)C1)c1cccc2ccccc12. The number of carbonyl (C=O) groups excluding carboxylic acids is 1. The summed E-state index contributed by atoms with van der Waals surface area (Å²) in [6, 6.07) is 14.4.